The zero-order valence-electron chi connectivity index (χ0n) is 16.9. The zero-order valence-corrected chi connectivity index (χ0v) is 16.9. The second-order valence-electron chi connectivity index (χ2n) is 7.23. The summed E-state index contributed by atoms with van der Waals surface area (Å²) in [6.45, 7) is 8.59. The van der Waals surface area contributed by atoms with E-state index >= 15 is 0 Å². The molecule has 1 amide bonds. The molecule has 1 fully saturated rings. The number of hydrogen-bond acceptors (Lipinski definition) is 3. The summed E-state index contributed by atoms with van der Waals surface area (Å²) in [6, 6.07) is 15.2. The first-order chi connectivity index (χ1) is 13.6. The highest BCUT2D eigenvalue weighted by Gasteiger charge is 2.14. The fraction of sp³-hybridized carbons (Fsp3) is 0.375. The first kappa shape index (κ1) is 20.2. The van der Waals surface area contributed by atoms with Crippen molar-refractivity contribution in [3.05, 3.63) is 71.3 Å². The average molecular weight is 379 g/mol. The fourth-order valence-corrected chi connectivity index (χ4v) is 3.75. The zero-order chi connectivity index (χ0) is 19.9. The summed E-state index contributed by atoms with van der Waals surface area (Å²) < 4.78 is 0. The van der Waals surface area contributed by atoms with Crippen LogP contribution in [0.2, 0.25) is 0 Å². The van der Waals surface area contributed by atoms with Gasteiger partial charge in [-0.2, -0.15) is 0 Å². The van der Waals surface area contributed by atoms with E-state index in [0.717, 1.165) is 36.3 Å². The Bertz CT molecular complexity index is 817. The minimum absolute atomic E-state index is 0.0662. The van der Waals surface area contributed by atoms with Crippen LogP contribution in [0.5, 0.6) is 5.75 Å². The van der Waals surface area contributed by atoms with Crippen LogP contribution in [0.25, 0.3) is 5.57 Å². The maximum Gasteiger partial charge on any atom is 0.253 e. The fourth-order valence-electron chi connectivity index (χ4n) is 3.75. The Balaban J connectivity index is 1.89. The molecule has 4 nitrogen and oxygen atoms in total. The van der Waals surface area contributed by atoms with E-state index in [2.05, 4.69) is 11.0 Å². The Labute approximate surface area is 168 Å². The molecule has 0 saturated carbocycles. The van der Waals surface area contributed by atoms with Gasteiger partial charge >= 0.3 is 0 Å². The molecule has 0 radical (unpaired) electrons. The molecule has 1 N–H and O–H groups in total. The van der Waals surface area contributed by atoms with E-state index in [1.807, 2.05) is 55.1 Å². The maximum absolute atomic E-state index is 12.6. The predicted octanol–water partition coefficient (Wildman–Crippen LogP) is 4.40. The van der Waals surface area contributed by atoms with E-state index in [-0.39, 0.29) is 11.7 Å². The van der Waals surface area contributed by atoms with Gasteiger partial charge in [0.15, 0.2) is 0 Å². The third-order valence-electron chi connectivity index (χ3n) is 5.40. The Morgan fingerprint density at radius 1 is 1.00 bits per heavy atom. The molecule has 1 saturated heterocycles. The number of nitrogens with zero attached hydrogens (tertiary/aromatic N) is 2. The molecule has 0 aromatic heterocycles. The van der Waals surface area contributed by atoms with Gasteiger partial charge in [-0.15, -0.1) is 0 Å². The van der Waals surface area contributed by atoms with Crippen LogP contribution in [0, 0.1) is 0 Å². The second-order valence-corrected chi connectivity index (χ2v) is 7.23. The van der Waals surface area contributed by atoms with Gasteiger partial charge in [0.1, 0.15) is 5.75 Å². The van der Waals surface area contributed by atoms with Gasteiger partial charge in [-0.3, -0.25) is 9.69 Å². The molecule has 1 heterocycles. The number of aromatic hydroxyl groups is 1. The van der Waals surface area contributed by atoms with Crippen LogP contribution in [0.1, 0.15) is 48.2 Å². The van der Waals surface area contributed by atoms with Crippen molar-refractivity contribution in [2.24, 2.45) is 0 Å². The molecule has 3 rings (SSSR count). The summed E-state index contributed by atoms with van der Waals surface area (Å²) >= 11 is 0. The summed E-state index contributed by atoms with van der Waals surface area (Å²) in [5.74, 6) is 0.328. The summed E-state index contributed by atoms with van der Waals surface area (Å²) in [5.41, 5.74) is 3.84. The van der Waals surface area contributed by atoms with E-state index in [1.165, 1.54) is 12.8 Å². The van der Waals surface area contributed by atoms with Gasteiger partial charge in [-0.25, -0.2) is 0 Å². The Morgan fingerprint density at radius 3 is 2.25 bits per heavy atom. The van der Waals surface area contributed by atoms with E-state index in [4.69, 9.17) is 0 Å². The minimum atomic E-state index is 0.0662. The van der Waals surface area contributed by atoms with Gasteiger partial charge in [0.2, 0.25) is 0 Å². The number of hydrogen-bond donors (Lipinski definition) is 1. The number of carbonyl (C=O) groups excluding carboxylic acids is 1. The smallest absolute Gasteiger partial charge is 0.253 e. The molecule has 0 spiro atoms. The normalized spacial score (nSPS) is 15.0. The number of benzene rings is 2. The van der Waals surface area contributed by atoms with Crippen molar-refractivity contribution in [1.29, 1.82) is 0 Å². The standard InChI is InChI=1S/C24H30N2O2/c1-3-26(4-2)24(28)20-12-10-19(11-13-20)23(14-17-25-15-5-6-16-25)21-8-7-9-22(27)18-21/h7-14,18,27H,3-6,15-17H2,1-2H3/b23-14-. The van der Waals surface area contributed by atoms with Crippen LogP contribution in [0.3, 0.4) is 0 Å². The van der Waals surface area contributed by atoms with Crippen molar-refractivity contribution in [2.45, 2.75) is 26.7 Å². The quantitative estimate of drug-likeness (QED) is 0.776. The van der Waals surface area contributed by atoms with E-state index in [1.54, 1.807) is 12.1 Å². The molecular weight excluding hydrogens is 348 g/mol. The summed E-state index contributed by atoms with van der Waals surface area (Å²) in [6.07, 6.45) is 4.76. The first-order valence-electron chi connectivity index (χ1n) is 10.2. The number of carbonyl (C=O) groups is 1. The highest BCUT2D eigenvalue weighted by molar-refractivity contribution is 5.95. The van der Waals surface area contributed by atoms with Crippen molar-refractivity contribution >= 4 is 11.5 Å². The molecule has 1 aliphatic rings. The molecule has 0 aliphatic carbocycles. The third-order valence-corrected chi connectivity index (χ3v) is 5.40. The number of rotatable bonds is 7. The van der Waals surface area contributed by atoms with Gasteiger partial charge in [0, 0.05) is 25.2 Å². The van der Waals surface area contributed by atoms with E-state index in [0.29, 0.717) is 18.7 Å². The largest absolute Gasteiger partial charge is 0.508 e. The molecule has 0 unspecified atom stereocenters. The summed E-state index contributed by atoms with van der Waals surface area (Å²) in [5, 5.41) is 9.93. The minimum Gasteiger partial charge on any atom is -0.508 e. The topological polar surface area (TPSA) is 43.8 Å². The van der Waals surface area contributed by atoms with E-state index in [9.17, 15) is 9.90 Å². The van der Waals surface area contributed by atoms with Crippen LogP contribution < -0.4 is 0 Å². The van der Waals surface area contributed by atoms with Crippen molar-refractivity contribution < 1.29 is 9.90 Å². The Kier molecular flexibility index (Phi) is 6.88. The molecule has 28 heavy (non-hydrogen) atoms. The van der Waals surface area contributed by atoms with Gasteiger partial charge in [0.05, 0.1) is 0 Å². The van der Waals surface area contributed by atoms with Crippen LogP contribution >= 0.6 is 0 Å². The summed E-state index contributed by atoms with van der Waals surface area (Å²) in [7, 11) is 0. The summed E-state index contributed by atoms with van der Waals surface area (Å²) in [4.78, 5) is 16.8. The highest BCUT2D eigenvalue weighted by atomic mass is 16.3. The van der Waals surface area contributed by atoms with Gasteiger partial charge in [-0.1, -0.05) is 30.3 Å². The predicted molar refractivity (Wildman–Crippen MR) is 115 cm³/mol. The molecular formula is C24H30N2O2. The molecule has 148 valence electrons. The molecule has 0 bridgehead atoms. The van der Waals surface area contributed by atoms with Crippen LogP contribution in [0.15, 0.2) is 54.6 Å². The maximum atomic E-state index is 12.6. The van der Waals surface area contributed by atoms with Crippen LogP contribution in [0.4, 0.5) is 0 Å². The van der Waals surface area contributed by atoms with Crippen molar-refractivity contribution in [1.82, 2.24) is 9.80 Å². The molecule has 2 aromatic rings. The van der Waals surface area contributed by atoms with Crippen molar-refractivity contribution in [2.75, 3.05) is 32.7 Å². The lowest BCUT2D eigenvalue weighted by Crippen LogP contribution is -2.30. The molecule has 1 aliphatic heterocycles. The third kappa shape index (κ3) is 4.82. The molecule has 0 atom stereocenters. The number of likely N-dealkylation sites (tertiary alicyclic amines) is 1. The molecule has 4 heteroatoms. The van der Waals surface area contributed by atoms with E-state index < -0.39 is 0 Å². The van der Waals surface area contributed by atoms with Gasteiger partial charge in [-0.05, 0) is 80.7 Å². The first-order valence-corrected chi connectivity index (χ1v) is 10.2. The Morgan fingerprint density at radius 2 is 1.64 bits per heavy atom. The lowest BCUT2D eigenvalue weighted by molar-refractivity contribution is 0.0773. The van der Waals surface area contributed by atoms with Gasteiger partial charge < -0.3 is 10.0 Å². The van der Waals surface area contributed by atoms with Crippen LogP contribution in [-0.4, -0.2) is 53.5 Å². The molecule has 2 aromatic carbocycles. The lowest BCUT2D eigenvalue weighted by Gasteiger charge is -2.19. The lowest BCUT2D eigenvalue weighted by atomic mass is 9.96. The van der Waals surface area contributed by atoms with Crippen molar-refractivity contribution in [3.8, 4) is 5.75 Å². The highest BCUT2D eigenvalue weighted by Crippen LogP contribution is 2.27. The average Bonchev–Trinajstić information content (AvgIpc) is 3.23. The second kappa shape index (κ2) is 9.56. The number of amides is 1. The Hall–Kier alpha value is -2.59. The number of phenolic OH excluding ortho intramolecular Hbond substituents is 1. The number of phenols is 1. The van der Waals surface area contributed by atoms with Crippen LogP contribution in [-0.2, 0) is 0 Å². The van der Waals surface area contributed by atoms with Crippen molar-refractivity contribution in [3.63, 3.8) is 0 Å². The van der Waals surface area contributed by atoms with Gasteiger partial charge in [0.25, 0.3) is 5.91 Å². The SMILES string of the molecule is CCN(CC)C(=O)c1ccc(/C(=C/CN2CCCC2)c2cccc(O)c2)cc1. The monoisotopic (exact) mass is 378 g/mol.